The summed E-state index contributed by atoms with van der Waals surface area (Å²) in [5.41, 5.74) is -2.07. The van der Waals surface area contributed by atoms with E-state index in [-0.39, 0.29) is 11.1 Å². The molecule has 168 valence electrons. The van der Waals surface area contributed by atoms with E-state index in [0.717, 1.165) is 6.04 Å². The average molecular weight is 458 g/mol. The summed E-state index contributed by atoms with van der Waals surface area (Å²) in [6.45, 7) is 3.96. The summed E-state index contributed by atoms with van der Waals surface area (Å²) in [6.07, 6.45) is 1.10. The molecule has 0 radical (unpaired) electrons. The highest BCUT2D eigenvalue weighted by Gasteiger charge is 2.45. The Bertz CT molecular complexity index is 1060. The van der Waals surface area contributed by atoms with E-state index in [4.69, 9.17) is 4.43 Å². The van der Waals surface area contributed by atoms with Gasteiger partial charge in [-0.1, -0.05) is 18.6 Å². The van der Waals surface area contributed by atoms with Crippen molar-refractivity contribution in [3.8, 4) is 0 Å². The molecule has 2 aromatic carbocycles. The van der Waals surface area contributed by atoms with Gasteiger partial charge in [0.15, 0.2) is 8.32 Å². The van der Waals surface area contributed by atoms with Gasteiger partial charge in [-0.2, -0.15) is 0 Å². The first-order chi connectivity index (χ1) is 14.9. The van der Waals surface area contributed by atoms with Crippen molar-refractivity contribution in [1.82, 2.24) is 0 Å². The quantitative estimate of drug-likeness (QED) is 0.473. The lowest BCUT2D eigenvalue weighted by atomic mass is 9.80. The Hall–Kier alpha value is -3.50. The smallest absolute Gasteiger partial charge is 0.336 e. The molecule has 32 heavy (non-hydrogen) atoms. The van der Waals surface area contributed by atoms with Gasteiger partial charge in [-0.05, 0) is 61.0 Å². The Kier molecular flexibility index (Phi) is 5.94. The van der Waals surface area contributed by atoms with Crippen molar-refractivity contribution < 1.29 is 44.0 Å². The highest BCUT2D eigenvalue weighted by atomic mass is 28.4. The van der Waals surface area contributed by atoms with E-state index in [1.165, 1.54) is 36.4 Å². The molecule has 0 aliphatic carbocycles. The van der Waals surface area contributed by atoms with Gasteiger partial charge in [-0.25, -0.2) is 19.2 Å². The second-order valence-corrected chi connectivity index (χ2v) is 12.5. The molecule has 10 heteroatoms. The van der Waals surface area contributed by atoms with Crippen molar-refractivity contribution in [2.45, 2.75) is 37.6 Å². The lowest BCUT2D eigenvalue weighted by Crippen LogP contribution is -2.47. The van der Waals surface area contributed by atoms with Gasteiger partial charge in [0.05, 0.1) is 22.3 Å². The van der Waals surface area contributed by atoms with Gasteiger partial charge in [-0.3, -0.25) is 0 Å². The van der Waals surface area contributed by atoms with Crippen LogP contribution in [0.4, 0.5) is 0 Å². The third kappa shape index (κ3) is 4.14. The molecule has 4 N–H and O–H groups in total. The molecule has 0 amide bonds. The Morgan fingerprint density at radius 3 is 1.50 bits per heavy atom. The van der Waals surface area contributed by atoms with Gasteiger partial charge in [0.2, 0.25) is 0 Å². The topological polar surface area (TPSA) is 158 Å². The first kappa shape index (κ1) is 23.2. The molecule has 0 saturated carbocycles. The maximum absolute atomic E-state index is 11.8. The van der Waals surface area contributed by atoms with Gasteiger partial charge in [0.25, 0.3) is 0 Å². The van der Waals surface area contributed by atoms with E-state index in [1.54, 1.807) is 0 Å². The molecule has 3 rings (SSSR count). The molecule has 0 unspecified atom stereocenters. The predicted octanol–water partition coefficient (Wildman–Crippen LogP) is 3.74. The van der Waals surface area contributed by atoms with Gasteiger partial charge in [0.1, 0.15) is 5.60 Å². The number of benzene rings is 2. The Balaban J connectivity index is 2.31. The lowest BCUT2D eigenvalue weighted by Gasteiger charge is -2.46. The van der Waals surface area contributed by atoms with Gasteiger partial charge < -0.3 is 24.9 Å². The zero-order chi connectivity index (χ0) is 23.8. The molecule has 1 fully saturated rings. The van der Waals surface area contributed by atoms with Crippen LogP contribution in [0.25, 0.3) is 0 Å². The number of hydrogen-bond donors (Lipinski definition) is 4. The second-order valence-electron chi connectivity index (χ2n) is 8.28. The summed E-state index contributed by atoms with van der Waals surface area (Å²) >= 11 is 0. The van der Waals surface area contributed by atoms with Crippen LogP contribution in [0.15, 0.2) is 36.4 Å². The molecular formula is C22H22O9Si. The number of carbonyl (C=O) groups is 4. The van der Waals surface area contributed by atoms with Crippen LogP contribution in [0.1, 0.15) is 65.4 Å². The normalized spacial score (nSPS) is 16.8. The van der Waals surface area contributed by atoms with Crippen LogP contribution in [0.2, 0.25) is 19.1 Å². The maximum atomic E-state index is 11.8. The zero-order valence-electron chi connectivity index (χ0n) is 17.4. The van der Waals surface area contributed by atoms with Crippen LogP contribution in [0.5, 0.6) is 0 Å². The summed E-state index contributed by atoms with van der Waals surface area (Å²) in [5, 5.41) is 37.8. The number of carboxylic acid groups (broad SMARTS) is 4. The number of carboxylic acids is 4. The molecule has 1 aliphatic rings. The molecule has 0 atom stereocenters. The summed E-state index contributed by atoms with van der Waals surface area (Å²) in [7, 11) is -2.28. The highest BCUT2D eigenvalue weighted by Crippen LogP contribution is 2.46. The van der Waals surface area contributed by atoms with Crippen LogP contribution >= 0.6 is 0 Å². The minimum atomic E-state index is -2.28. The molecule has 1 saturated heterocycles. The Labute approximate surface area is 184 Å². The van der Waals surface area contributed by atoms with E-state index in [0.29, 0.717) is 24.0 Å². The fourth-order valence-corrected chi connectivity index (χ4v) is 6.64. The van der Waals surface area contributed by atoms with Crippen molar-refractivity contribution in [1.29, 1.82) is 0 Å². The largest absolute Gasteiger partial charge is 0.478 e. The van der Waals surface area contributed by atoms with Crippen molar-refractivity contribution in [3.05, 3.63) is 69.8 Å². The fraction of sp³-hybridized carbons (Fsp3) is 0.273. The van der Waals surface area contributed by atoms with Crippen LogP contribution < -0.4 is 0 Å². The van der Waals surface area contributed by atoms with Crippen LogP contribution in [0, 0.1) is 0 Å². The molecule has 9 nitrogen and oxygen atoms in total. The van der Waals surface area contributed by atoms with Crippen molar-refractivity contribution in [3.63, 3.8) is 0 Å². The molecule has 0 aromatic heterocycles. The summed E-state index contributed by atoms with van der Waals surface area (Å²) < 4.78 is 6.56. The van der Waals surface area contributed by atoms with Crippen LogP contribution in [0.3, 0.4) is 0 Å². The van der Waals surface area contributed by atoms with E-state index >= 15 is 0 Å². The third-order valence-electron chi connectivity index (χ3n) is 5.65. The SMILES string of the molecule is C[Si]1(C)CCCC(c2ccc(C(=O)O)c(C(=O)O)c2)(c2ccc(C(=O)O)c(C(=O)O)c2)O1. The number of rotatable bonds is 6. The average Bonchev–Trinajstić information content (AvgIpc) is 2.71. The molecule has 0 spiro atoms. The zero-order valence-corrected chi connectivity index (χ0v) is 18.4. The summed E-state index contributed by atoms with van der Waals surface area (Å²) in [6, 6.07) is 8.64. The Morgan fingerprint density at radius 1 is 0.750 bits per heavy atom. The van der Waals surface area contributed by atoms with Crippen molar-refractivity contribution in [2.75, 3.05) is 0 Å². The monoisotopic (exact) mass is 458 g/mol. The number of hydrogen-bond acceptors (Lipinski definition) is 5. The fourth-order valence-electron chi connectivity index (χ4n) is 4.23. The molecule has 2 aromatic rings. The van der Waals surface area contributed by atoms with Crippen LogP contribution in [-0.2, 0) is 10.0 Å². The van der Waals surface area contributed by atoms with E-state index in [9.17, 15) is 39.6 Å². The molecule has 0 bridgehead atoms. The standard InChI is InChI=1S/C22H22O9Si/c1-32(2)9-3-8-22(31-32,12-4-6-14(18(23)24)16(10-12)20(27)28)13-5-7-15(19(25)26)17(11-13)21(29)30/h4-7,10-11H,3,8-9H2,1-2H3,(H,23,24)(H,25,26)(H,27,28)(H,29,30). The lowest BCUT2D eigenvalue weighted by molar-refractivity contribution is 0.0634. The van der Waals surface area contributed by atoms with Crippen molar-refractivity contribution in [2.24, 2.45) is 0 Å². The van der Waals surface area contributed by atoms with Crippen LogP contribution in [-0.4, -0.2) is 52.6 Å². The van der Waals surface area contributed by atoms with E-state index in [1.807, 2.05) is 13.1 Å². The van der Waals surface area contributed by atoms with Gasteiger partial charge in [-0.15, -0.1) is 0 Å². The molecular weight excluding hydrogens is 436 g/mol. The summed E-state index contributed by atoms with van der Waals surface area (Å²) in [4.78, 5) is 46.5. The number of aromatic carboxylic acids is 4. The van der Waals surface area contributed by atoms with E-state index < -0.39 is 48.9 Å². The third-order valence-corrected chi connectivity index (χ3v) is 8.11. The Morgan fingerprint density at radius 2 is 1.16 bits per heavy atom. The summed E-state index contributed by atoms with van der Waals surface area (Å²) in [5.74, 6) is -5.61. The van der Waals surface area contributed by atoms with Crippen molar-refractivity contribution >= 4 is 32.2 Å². The van der Waals surface area contributed by atoms with Gasteiger partial charge >= 0.3 is 23.9 Å². The first-order valence-corrected chi connectivity index (χ1v) is 12.9. The second kappa shape index (κ2) is 8.21. The van der Waals surface area contributed by atoms with Gasteiger partial charge in [0, 0.05) is 0 Å². The molecule has 1 heterocycles. The molecule has 1 aliphatic heterocycles. The minimum Gasteiger partial charge on any atom is -0.478 e. The highest BCUT2D eigenvalue weighted by molar-refractivity contribution is 6.71. The maximum Gasteiger partial charge on any atom is 0.336 e. The first-order valence-electron chi connectivity index (χ1n) is 9.80. The van der Waals surface area contributed by atoms with E-state index in [2.05, 4.69) is 0 Å². The minimum absolute atomic E-state index is 0.375. The predicted molar refractivity (Wildman–Crippen MR) is 114 cm³/mol.